The van der Waals surface area contributed by atoms with E-state index in [1.807, 2.05) is 4.90 Å². The summed E-state index contributed by atoms with van der Waals surface area (Å²) in [6, 6.07) is 0. The van der Waals surface area contributed by atoms with E-state index >= 15 is 0 Å². The zero-order chi connectivity index (χ0) is 10.6. The van der Waals surface area contributed by atoms with E-state index in [1.165, 1.54) is 0 Å². The van der Waals surface area contributed by atoms with Crippen molar-refractivity contribution in [3.05, 3.63) is 0 Å². The Bertz CT molecular complexity index is 229. The minimum Gasteiger partial charge on any atom is -0.481 e. The van der Waals surface area contributed by atoms with Crippen molar-refractivity contribution >= 4 is 11.9 Å². The van der Waals surface area contributed by atoms with Crippen LogP contribution in [0.25, 0.3) is 0 Å². The summed E-state index contributed by atoms with van der Waals surface area (Å²) >= 11 is 0. The summed E-state index contributed by atoms with van der Waals surface area (Å²) in [5.74, 6) is -1.40. The summed E-state index contributed by atoms with van der Waals surface area (Å²) in [6.45, 7) is 3.73. The van der Waals surface area contributed by atoms with Crippen LogP contribution in [0.1, 0.15) is 13.3 Å². The van der Waals surface area contributed by atoms with Gasteiger partial charge < -0.3 is 9.84 Å². The summed E-state index contributed by atoms with van der Waals surface area (Å²) < 4.78 is 4.85. The summed E-state index contributed by atoms with van der Waals surface area (Å²) in [7, 11) is 0. The second-order valence-corrected chi connectivity index (χ2v) is 3.51. The van der Waals surface area contributed by atoms with Crippen LogP contribution in [0.3, 0.4) is 0 Å². The van der Waals surface area contributed by atoms with Crippen molar-refractivity contribution in [2.75, 3.05) is 26.2 Å². The largest absolute Gasteiger partial charge is 0.481 e. The average Bonchev–Trinajstić information content (AvgIpc) is 2.31. The predicted octanol–water partition coefficient (Wildman–Crippen LogP) is -0.0440. The van der Waals surface area contributed by atoms with Gasteiger partial charge in [-0.05, 0) is 0 Å². The molecule has 1 N–H and O–H groups in total. The van der Waals surface area contributed by atoms with Crippen LogP contribution in [0.4, 0.5) is 0 Å². The van der Waals surface area contributed by atoms with Gasteiger partial charge in [-0.1, -0.05) is 6.92 Å². The van der Waals surface area contributed by atoms with Crippen LogP contribution in [0.2, 0.25) is 0 Å². The van der Waals surface area contributed by atoms with Crippen molar-refractivity contribution in [1.82, 2.24) is 4.90 Å². The van der Waals surface area contributed by atoms with Crippen molar-refractivity contribution in [2.45, 2.75) is 13.3 Å². The zero-order valence-electron chi connectivity index (χ0n) is 8.23. The van der Waals surface area contributed by atoms with Crippen molar-refractivity contribution in [1.29, 1.82) is 0 Å². The van der Waals surface area contributed by atoms with Gasteiger partial charge in [-0.3, -0.25) is 14.5 Å². The van der Waals surface area contributed by atoms with Gasteiger partial charge in [-0.25, -0.2) is 0 Å². The lowest BCUT2D eigenvalue weighted by atomic mass is 10.1. The van der Waals surface area contributed by atoms with Crippen molar-refractivity contribution < 1.29 is 19.4 Å². The van der Waals surface area contributed by atoms with Gasteiger partial charge in [0.1, 0.15) is 6.61 Å². The van der Waals surface area contributed by atoms with E-state index in [-0.39, 0.29) is 5.97 Å². The maximum absolute atomic E-state index is 10.9. The molecule has 0 aromatic heterocycles. The molecule has 1 atom stereocenters. The first-order valence-corrected chi connectivity index (χ1v) is 4.70. The summed E-state index contributed by atoms with van der Waals surface area (Å²) in [5.41, 5.74) is 0. The molecule has 1 saturated heterocycles. The molecule has 5 nitrogen and oxygen atoms in total. The van der Waals surface area contributed by atoms with Crippen LogP contribution in [-0.2, 0) is 14.3 Å². The fraction of sp³-hybridized carbons (Fsp3) is 0.778. The van der Waals surface area contributed by atoms with E-state index in [1.54, 1.807) is 6.92 Å². The lowest BCUT2D eigenvalue weighted by Crippen LogP contribution is -2.33. The van der Waals surface area contributed by atoms with Gasteiger partial charge in [0.25, 0.3) is 0 Å². The maximum Gasteiger partial charge on any atom is 0.307 e. The van der Waals surface area contributed by atoms with E-state index in [0.717, 1.165) is 0 Å². The summed E-state index contributed by atoms with van der Waals surface area (Å²) in [4.78, 5) is 23.4. The van der Waals surface area contributed by atoms with Crippen LogP contribution in [-0.4, -0.2) is 48.2 Å². The van der Waals surface area contributed by atoms with Crippen molar-refractivity contribution in [3.8, 4) is 0 Å². The molecule has 80 valence electrons. The third kappa shape index (κ3) is 3.33. The number of esters is 1. The fourth-order valence-electron chi connectivity index (χ4n) is 1.37. The first kappa shape index (κ1) is 11.0. The highest BCUT2D eigenvalue weighted by Crippen LogP contribution is 2.05. The van der Waals surface area contributed by atoms with Gasteiger partial charge in [0.05, 0.1) is 12.3 Å². The molecule has 1 rings (SSSR count). The van der Waals surface area contributed by atoms with E-state index in [2.05, 4.69) is 0 Å². The molecule has 1 fully saturated rings. The van der Waals surface area contributed by atoms with Gasteiger partial charge >= 0.3 is 11.9 Å². The number of carbonyl (C=O) groups excluding carboxylic acids is 1. The first-order chi connectivity index (χ1) is 6.59. The predicted molar refractivity (Wildman–Crippen MR) is 48.8 cm³/mol. The van der Waals surface area contributed by atoms with Gasteiger partial charge in [0.2, 0.25) is 0 Å². The number of nitrogens with zero attached hydrogens (tertiary/aromatic N) is 1. The molecule has 1 heterocycles. The van der Waals surface area contributed by atoms with E-state index < -0.39 is 11.9 Å². The number of hydrogen-bond acceptors (Lipinski definition) is 4. The number of cyclic esters (lactones) is 1. The third-order valence-electron chi connectivity index (χ3n) is 2.26. The van der Waals surface area contributed by atoms with Crippen LogP contribution in [0, 0.1) is 5.92 Å². The van der Waals surface area contributed by atoms with Crippen LogP contribution in [0.15, 0.2) is 0 Å². The molecule has 1 aliphatic heterocycles. The monoisotopic (exact) mass is 201 g/mol. The molecule has 1 aliphatic rings. The van der Waals surface area contributed by atoms with E-state index in [0.29, 0.717) is 32.7 Å². The molecule has 14 heavy (non-hydrogen) atoms. The van der Waals surface area contributed by atoms with Gasteiger partial charge in [-0.2, -0.15) is 0 Å². The van der Waals surface area contributed by atoms with Gasteiger partial charge in [0.15, 0.2) is 0 Å². The topological polar surface area (TPSA) is 66.8 Å². The Morgan fingerprint density at radius 2 is 2.36 bits per heavy atom. The Kier molecular flexibility index (Phi) is 3.88. The van der Waals surface area contributed by atoms with Crippen LogP contribution in [0.5, 0.6) is 0 Å². The number of carboxylic acid groups (broad SMARTS) is 1. The molecule has 0 spiro atoms. The Morgan fingerprint density at radius 3 is 3.00 bits per heavy atom. The molecule has 5 heteroatoms. The van der Waals surface area contributed by atoms with Crippen LogP contribution < -0.4 is 0 Å². The Morgan fingerprint density at radius 1 is 1.64 bits per heavy atom. The minimum absolute atomic E-state index is 0.199. The second kappa shape index (κ2) is 4.95. The Hall–Kier alpha value is -1.10. The van der Waals surface area contributed by atoms with E-state index in [9.17, 15) is 9.59 Å². The molecule has 0 saturated carbocycles. The van der Waals surface area contributed by atoms with E-state index in [4.69, 9.17) is 9.84 Å². The molecular weight excluding hydrogens is 186 g/mol. The van der Waals surface area contributed by atoms with Gasteiger partial charge in [0, 0.05) is 19.6 Å². The third-order valence-corrected chi connectivity index (χ3v) is 2.26. The number of ether oxygens (including phenoxy) is 1. The maximum atomic E-state index is 10.9. The van der Waals surface area contributed by atoms with Crippen molar-refractivity contribution in [3.63, 3.8) is 0 Å². The molecule has 0 amide bonds. The number of hydrogen-bond donors (Lipinski definition) is 1. The highest BCUT2D eigenvalue weighted by Gasteiger charge is 2.19. The smallest absolute Gasteiger partial charge is 0.307 e. The lowest BCUT2D eigenvalue weighted by molar-refractivity contribution is -0.143. The Labute approximate surface area is 82.6 Å². The minimum atomic E-state index is -0.804. The Balaban J connectivity index is 2.37. The highest BCUT2D eigenvalue weighted by atomic mass is 16.5. The fourth-order valence-corrected chi connectivity index (χ4v) is 1.37. The lowest BCUT2D eigenvalue weighted by Gasteiger charge is -2.20. The summed E-state index contributed by atoms with van der Waals surface area (Å²) in [6.07, 6.45) is 0.354. The second-order valence-electron chi connectivity index (χ2n) is 3.51. The molecule has 0 aromatic rings. The number of aliphatic carboxylic acids is 1. The summed E-state index contributed by atoms with van der Waals surface area (Å²) in [5, 5.41) is 8.71. The zero-order valence-corrected chi connectivity index (χ0v) is 8.23. The molecule has 0 aliphatic carbocycles. The molecule has 0 bridgehead atoms. The average molecular weight is 201 g/mol. The molecule has 0 aromatic carbocycles. The molecular formula is C9H15NO4. The quantitative estimate of drug-likeness (QED) is 0.649. The molecule has 1 unspecified atom stereocenters. The molecule has 0 radical (unpaired) electrons. The standard InChI is InChI=1S/C9H15NO4/c1-7(9(12)13)6-10-3-2-8(11)14-5-4-10/h7H,2-6H2,1H3,(H,12,13). The normalized spacial score (nSPS) is 21.1. The van der Waals surface area contributed by atoms with Gasteiger partial charge in [-0.15, -0.1) is 0 Å². The number of rotatable bonds is 3. The first-order valence-electron chi connectivity index (χ1n) is 4.70. The SMILES string of the molecule is CC(CN1CCOC(=O)CC1)C(=O)O. The number of carboxylic acids is 1. The van der Waals surface area contributed by atoms with Crippen molar-refractivity contribution in [2.24, 2.45) is 5.92 Å². The number of carbonyl (C=O) groups is 2. The highest BCUT2D eigenvalue weighted by molar-refractivity contribution is 5.70. The van der Waals surface area contributed by atoms with Crippen LogP contribution >= 0.6 is 0 Å².